The zero-order valence-electron chi connectivity index (χ0n) is 20.3. The SMILES string of the molecule is CCOc1ccc(-c2nn(-c3ccccc3)cc2/C=C2\SC(=S)N([C@@H](C)c3ccccc3)C2=O)cc1F. The van der Waals surface area contributed by atoms with Crippen LogP contribution in [-0.4, -0.2) is 31.5 Å². The number of thioether (sulfide) groups is 1. The lowest BCUT2D eigenvalue weighted by atomic mass is 10.1. The molecule has 0 unspecified atom stereocenters. The number of carbonyl (C=O) groups excluding carboxylic acids is 1. The van der Waals surface area contributed by atoms with Crippen LogP contribution in [0, 0.1) is 5.82 Å². The molecular formula is C29H24FN3O2S2. The van der Waals surface area contributed by atoms with Crippen molar-refractivity contribution in [3.05, 3.63) is 107 Å². The Labute approximate surface area is 224 Å². The minimum atomic E-state index is -0.470. The maximum Gasteiger partial charge on any atom is 0.266 e. The van der Waals surface area contributed by atoms with Crippen molar-refractivity contribution < 1.29 is 13.9 Å². The molecule has 0 saturated carbocycles. The van der Waals surface area contributed by atoms with E-state index in [1.165, 1.54) is 17.8 Å². The number of aromatic nitrogens is 2. The normalized spacial score (nSPS) is 15.4. The van der Waals surface area contributed by atoms with E-state index in [1.807, 2.05) is 80.7 Å². The minimum Gasteiger partial charge on any atom is -0.491 e. The Morgan fingerprint density at radius 1 is 1.08 bits per heavy atom. The largest absolute Gasteiger partial charge is 0.491 e. The van der Waals surface area contributed by atoms with Crippen molar-refractivity contribution >= 4 is 40.3 Å². The second-order valence-electron chi connectivity index (χ2n) is 8.43. The Morgan fingerprint density at radius 3 is 2.46 bits per heavy atom. The summed E-state index contributed by atoms with van der Waals surface area (Å²) in [6.07, 6.45) is 3.62. The number of carbonyl (C=O) groups is 1. The fraction of sp³-hybridized carbons (Fsp3) is 0.138. The standard InChI is InChI=1S/C29H24FN3O2S2/c1-3-35-25-15-14-21(16-24(25)30)27-22(18-32(31-27)23-12-8-5-9-13-23)17-26-28(34)33(29(36)37-26)19(2)20-10-6-4-7-11-20/h4-19H,3H2,1-2H3/b26-17-/t19-/m0/s1. The molecule has 37 heavy (non-hydrogen) atoms. The van der Waals surface area contributed by atoms with E-state index in [0.29, 0.717) is 32.7 Å². The van der Waals surface area contributed by atoms with Crippen LogP contribution in [0.15, 0.2) is 90.0 Å². The van der Waals surface area contributed by atoms with Crippen LogP contribution in [0.3, 0.4) is 0 Å². The smallest absolute Gasteiger partial charge is 0.266 e. The lowest BCUT2D eigenvalue weighted by molar-refractivity contribution is -0.123. The highest BCUT2D eigenvalue weighted by molar-refractivity contribution is 8.26. The molecule has 0 aliphatic carbocycles. The summed E-state index contributed by atoms with van der Waals surface area (Å²) in [5.41, 5.74) is 3.66. The molecule has 5 rings (SSSR count). The molecule has 1 amide bonds. The van der Waals surface area contributed by atoms with Crippen LogP contribution in [0.4, 0.5) is 4.39 Å². The fourth-order valence-corrected chi connectivity index (χ4v) is 5.60. The molecule has 4 aromatic rings. The molecule has 0 N–H and O–H groups in total. The van der Waals surface area contributed by atoms with Crippen molar-refractivity contribution in [2.75, 3.05) is 6.61 Å². The van der Waals surface area contributed by atoms with Gasteiger partial charge in [-0.3, -0.25) is 9.69 Å². The Balaban J connectivity index is 1.55. The monoisotopic (exact) mass is 529 g/mol. The van der Waals surface area contributed by atoms with Crippen molar-refractivity contribution in [2.24, 2.45) is 0 Å². The van der Waals surface area contributed by atoms with Crippen LogP contribution in [-0.2, 0) is 4.79 Å². The van der Waals surface area contributed by atoms with Gasteiger partial charge in [-0.25, -0.2) is 9.07 Å². The van der Waals surface area contributed by atoms with Crippen LogP contribution in [0.25, 0.3) is 23.0 Å². The molecule has 5 nitrogen and oxygen atoms in total. The molecule has 186 valence electrons. The zero-order chi connectivity index (χ0) is 25.9. The number of amides is 1. The molecule has 8 heteroatoms. The second kappa shape index (κ2) is 10.7. The van der Waals surface area contributed by atoms with Gasteiger partial charge in [0.05, 0.1) is 23.2 Å². The number of thiocarbonyl (C=S) groups is 1. The third-order valence-corrected chi connectivity index (χ3v) is 7.38. The first-order valence-corrected chi connectivity index (χ1v) is 13.1. The molecule has 1 aromatic heterocycles. The summed E-state index contributed by atoms with van der Waals surface area (Å²) in [6.45, 7) is 4.14. The number of ether oxygens (including phenoxy) is 1. The third-order valence-electron chi connectivity index (χ3n) is 6.05. The zero-order valence-corrected chi connectivity index (χ0v) is 21.9. The van der Waals surface area contributed by atoms with E-state index in [2.05, 4.69) is 0 Å². The highest BCUT2D eigenvalue weighted by atomic mass is 32.2. The summed E-state index contributed by atoms with van der Waals surface area (Å²) in [4.78, 5) is 15.6. The van der Waals surface area contributed by atoms with Gasteiger partial charge in [0.15, 0.2) is 11.6 Å². The van der Waals surface area contributed by atoms with Crippen LogP contribution >= 0.6 is 24.0 Å². The second-order valence-corrected chi connectivity index (χ2v) is 10.1. The van der Waals surface area contributed by atoms with Gasteiger partial charge >= 0.3 is 0 Å². The van der Waals surface area contributed by atoms with Crippen LogP contribution in [0.1, 0.15) is 31.0 Å². The summed E-state index contributed by atoms with van der Waals surface area (Å²) in [5.74, 6) is -0.448. The van der Waals surface area contributed by atoms with Gasteiger partial charge in [-0.2, -0.15) is 5.10 Å². The molecule has 0 radical (unpaired) electrons. The molecule has 1 fully saturated rings. The molecule has 1 atom stereocenters. The summed E-state index contributed by atoms with van der Waals surface area (Å²) in [6, 6.07) is 24.0. The van der Waals surface area contributed by atoms with E-state index in [-0.39, 0.29) is 17.7 Å². The summed E-state index contributed by atoms with van der Waals surface area (Å²) in [7, 11) is 0. The topological polar surface area (TPSA) is 47.4 Å². The van der Waals surface area contributed by atoms with E-state index < -0.39 is 5.82 Å². The number of halogens is 1. The Hall–Kier alpha value is -3.75. The quantitative estimate of drug-likeness (QED) is 0.190. The van der Waals surface area contributed by atoms with E-state index >= 15 is 0 Å². The van der Waals surface area contributed by atoms with Gasteiger partial charge in [0, 0.05) is 17.3 Å². The van der Waals surface area contributed by atoms with E-state index in [9.17, 15) is 9.18 Å². The first-order valence-electron chi connectivity index (χ1n) is 11.9. The number of para-hydroxylation sites is 1. The third kappa shape index (κ3) is 5.08. The van der Waals surface area contributed by atoms with E-state index in [0.717, 1.165) is 11.3 Å². The molecule has 1 saturated heterocycles. The van der Waals surface area contributed by atoms with Gasteiger partial charge in [0.2, 0.25) is 0 Å². The molecular weight excluding hydrogens is 505 g/mol. The van der Waals surface area contributed by atoms with Crippen molar-refractivity contribution in [3.63, 3.8) is 0 Å². The van der Waals surface area contributed by atoms with Crippen LogP contribution < -0.4 is 4.74 Å². The number of hydrogen-bond acceptors (Lipinski definition) is 5. The Bertz CT molecular complexity index is 1490. The van der Waals surface area contributed by atoms with Crippen molar-refractivity contribution in [1.29, 1.82) is 0 Å². The van der Waals surface area contributed by atoms with E-state index in [4.69, 9.17) is 22.1 Å². The number of benzene rings is 3. The molecule has 3 aromatic carbocycles. The van der Waals surface area contributed by atoms with Crippen LogP contribution in [0.2, 0.25) is 0 Å². The molecule has 0 spiro atoms. The van der Waals surface area contributed by atoms with E-state index in [1.54, 1.807) is 27.8 Å². The fourth-order valence-electron chi connectivity index (χ4n) is 4.19. The first kappa shape index (κ1) is 24.9. The summed E-state index contributed by atoms with van der Waals surface area (Å²) >= 11 is 6.85. The van der Waals surface area contributed by atoms with Gasteiger partial charge in [-0.15, -0.1) is 0 Å². The molecule has 2 heterocycles. The summed E-state index contributed by atoms with van der Waals surface area (Å²) in [5, 5.41) is 4.75. The van der Waals surface area contributed by atoms with Gasteiger partial charge < -0.3 is 4.74 Å². The van der Waals surface area contributed by atoms with Gasteiger partial charge in [-0.1, -0.05) is 72.5 Å². The molecule has 1 aliphatic rings. The van der Waals surface area contributed by atoms with Crippen molar-refractivity contribution in [2.45, 2.75) is 19.9 Å². The van der Waals surface area contributed by atoms with Crippen molar-refractivity contribution in [3.8, 4) is 22.7 Å². The van der Waals surface area contributed by atoms with Gasteiger partial charge in [-0.05, 0) is 55.8 Å². The highest BCUT2D eigenvalue weighted by Gasteiger charge is 2.36. The average molecular weight is 530 g/mol. The predicted octanol–water partition coefficient (Wildman–Crippen LogP) is 7.04. The minimum absolute atomic E-state index is 0.164. The Morgan fingerprint density at radius 2 is 1.78 bits per heavy atom. The summed E-state index contributed by atoms with van der Waals surface area (Å²) < 4.78 is 22.3. The highest BCUT2D eigenvalue weighted by Crippen LogP contribution is 2.39. The predicted molar refractivity (Wildman–Crippen MR) is 150 cm³/mol. The molecule has 0 bridgehead atoms. The van der Waals surface area contributed by atoms with Gasteiger partial charge in [0.25, 0.3) is 5.91 Å². The molecule has 1 aliphatic heterocycles. The number of nitrogens with zero attached hydrogens (tertiary/aromatic N) is 3. The van der Waals surface area contributed by atoms with Gasteiger partial charge in [0.1, 0.15) is 10.0 Å². The lowest BCUT2D eigenvalue weighted by Crippen LogP contribution is -2.30. The van der Waals surface area contributed by atoms with Crippen molar-refractivity contribution in [1.82, 2.24) is 14.7 Å². The number of rotatable bonds is 7. The maximum absolute atomic E-state index is 14.7. The van der Waals surface area contributed by atoms with Crippen LogP contribution in [0.5, 0.6) is 5.75 Å². The Kier molecular flexibility index (Phi) is 7.21. The average Bonchev–Trinajstić information content (AvgIpc) is 3.46. The first-order chi connectivity index (χ1) is 18.0. The lowest BCUT2D eigenvalue weighted by Gasteiger charge is -2.23. The maximum atomic E-state index is 14.7. The number of hydrogen-bond donors (Lipinski definition) is 0.